The molecule has 2 aromatic rings. The Kier molecular flexibility index (Phi) is 10.4. The Bertz CT molecular complexity index is 723. The molecule has 0 spiro atoms. The second kappa shape index (κ2) is 12.3. The molecule has 0 radical (unpaired) electrons. The van der Waals surface area contributed by atoms with Gasteiger partial charge in [-0.1, -0.05) is 44.2 Å². The van der Waals surface area contributed by atoms with Crippen molar-refractivity contribution >= 4 is 18.3 Å². The third kappa shape index (κ3) is 7.06. The lowest BCUT2D eigenvalue weighted by Crippen LogP contribution is -2.37. The molecule has 0 unspecified atom stereocenters. The summed E-state index contributed by atoms with van der Waals surface area (Å²) in [6.07, 6.45) is 0.791. The lowest BCUT2D eigenvalue weighted by Gasteiger charge is -2.23. The summed E-state index contributed by atoms with van der Waals surface area (Å²) >= 11 is 0. The first-order valence-corrected chi connectivity index (χ1v) is 9.39. The van der Waals surface area contributed by atoms with Gasteiger partial charge in [-0.25, -0.2) is 0 Å². The molecule has 0 aromatic heterocycles. The predicted octanol–water partition coefficient (Wildman–Crippen LogP) is 3.80. The highest BCUT2D eigenvalue weighted by Gasteiger charge is 2.17. The van der Waals surface area contributed by atoms with E-state index in [-0.39, 0.29) is 18.3 Å². The van der Waals surface area contributed by atoms with Crippen LogP contribution in [-0.4, -0.2) is 44.2 Å². The van der Waals surface area contributed by atoms with E-state index < -0.39 is 0 Å². The molecular weight excluding hydrogens is 376 g/mol. The number of carbonyl (C=O) groups is 1. The maximum absolute atomic E-state index is 13.0. The van der Waals surface area contributed by atoms with Crippen LogP contribution in [0.3, 0.4) is 0 Å². The van der Waals surface area contributed by atoms with Crippen LogP contribution in [0.25, 0.3) is 0 Å². The molecule has 0 fully saturated rings. The third-order valence-corrected chi connectivity index (χ3v) is 4.18. The van der Waals surface area contributed by atoms with E-state index in [1.807, 2.05) is 18.2 Å². The number of amides is 1. The Hall–Kier alpha value is -2.24. The summed E-state index contributed by atoms with van der Waals surface area (Å²) in [6, 6.07) is 15.4. The topological polar surface area (TPSA) is 64.8 Å². The van der Waals surface area contributed by atoms with Gasteiger partial charge in [0, 0.05) is 25.2 Å². The molecular formula is C22H31ClN2O3. The molecule has 6 heteroatoms. The standard InChI is InChI=1S/C22H30N2O3.ClH/c1-17(2)16-27-20-10-9-19(15-21(20)26-3)22(25)24(14-12-23)13-11-18-7-5-4-6-8-18;/h4-10,15,17H,11-14,16,23H2,1-3H3;1H. The van der Waals surface area contributed by atoms with Crippen molar-refractivity contribution in [1.29, 1.82) is 0 Å². The Labute approximate surface area is 174 Å². The number of hydrogen-bond acceptors (Lipinski definition) is 4. The van der Waals surface area contributed by atoms with Gasteiger partial charge in [-0.05, 0) is 36.1 Å². The van der Waals surface area contributed by atoms with Gasteiger partial charge in [0.2, 0.25) is 0 Å². The molecule has 2 N–H and O–H groups in total. The minimum Gasteiger partial charge on any atom is -0.493 e. The molecule has 28 heavy (non-hydrogen) atoms. The summed E-state index contributed by atoms with van der Waals surface area (Å²) < 4.78 is 11.2. The van der Waals surface area contributed by atoms with Crippen LogP contribution in [0, 0.1) is 5.92 Å². The second-order valence-electron chi connectivity index (χ2n) is 6.89. The number of hydrogen-bond donors (Lipinski definition) is 1. The van der Waals surface area contributed by atoms with Crippen molar-refractivity contribution in [2.75, 3.05) is 33.4 Å². The van der Waals surface area contributed by atoms with Gasteiger partial charge in [0.25, 0.3) is 5.91 Å². The van der Waals surface area contributed by atoms with E-state index in [4.69, 9.17) is 15.2 Å². The van der Waals surface area contributed by atoms with Crippen molar-refractivity contribution in [3.63, 3.8) is 0 Å². The van der Waals surface area contributed by atoms with E-state index in [0.29, 0.717) is 49.2 Å². The van der Waals surface area contributed by atoms with Crippen molar-refractivity contribution in [3.8, 4) is 11.5 Å². The Morgan fingerprint density at radius 2 is 1.79 bits per heavy atom. The first-order chi connectivity index (χ1) is 13.0. The summed E-state index contributed by atoms with van der Waals surface area (Å²) in [4.78, 5) is 14.8. The van der Waals surface area contributed by atoms with Crippen LogP contribution >= 0.6 is 12.4 Å². The van der Waals surface area contributed by atoms with Crippen LogP contribution in [0.15, 0.2) is 48.5 Å². The predicted molar refractivity (Wildman–Crippen MR) is 116 cm³/mol. The molecule has 0 aliphatic rings. The molecule has 5 nitrogen and oxygen atoms in total. The van der Waals surface area contributed by atoms with E-state index in [1.54, 1.807) is 30.2 Å². The van der Waals surface area contributed by atoms with Gasteiger partial charge in [-0.2, -0.15) is 0 Å². The molecule has 2 aromatic carbocycles. The van der Waals surface area contributed by atoms with Crippen LogP contribution in [0.1, 0.15) is 29.8 Å². The number of rotatable bonds is 10. The average molecular weight is 407 g/mol. The van der Waals surface area contributed by atoms with Gasteiger partial charge in [-0.3, -0.25) is 4.79 Å². The fraction of sp³-hybridized carbons (Fsp3) is 0.409. The molecule has 0 atom stereocenters. The summed E-state index contributed by atoms with van der Waals surface area (Å²) in [6.45, 7) is 6.32. The second-order valence-corrected chi connectivity index (χ2v) is 6.89. The molecule has 1 amide bonds. The summed E-state index contributed by atoms with van der Waals surface area (Å²) in [5.74, 6) is 1.58. The molecule has 0 aliphatic heterocycles. The first kappa shape index (κ1) is 23.8. The van der Waals surface area contributed by atoms with Crippen molar-refractivity contribution in [2.24, 2.45) is 11.7 Å². The molecule has 0 heterocycles. The Morgan fingerprint density at radius 3 is 2.39 bits per heavy atom. The fourth-order valence-electron chi connectivity index (χ4n) is 2.74. The van der Waals surface area contributed by atoms with Crippen LogP contribution in [0.5, 0.6) is 11.5 Å². The van der Waals surface area contributed by atoms with E-state index in [1.165, 1.54) is 5.56 Å². The zero-order valence-electron chi connectivity index (χ0n) is 16.9. The monoisotopic (exact) mass is 406 g/mol. The van der Waals surface area contributed by atoms with E-state index in [0.717, 1.165) is 6.42 Å². The fourth-order valence-corrected chi connectivity index (χ4v) is 2.74. The van der Waals surface area contributed by atoms with Gasteiger partial charge >= 0.3 is 0 Å². The summed E-state index contributed by atoms with van der Waals surface area (Å²) in [5, 5.41) is 0. The molecule has 0 saturated heterocycles. The molecule has 0 aliphatic carbocycles. The number of carbonyl (C=O) groups excluding carboxylic acids is 1. The minimum absolute atomic E-state index is 0. The van der Waals surface area contributed by atoms with Gasteiger partial charge < -0.3 is 20.1 Å². The minimum atomic E-state index is -0.0508. The van der Waals surface area contributed by atoms with Crippen molar-refractivity contribution in [2.45, 2.75) is 20.3 Å². The van der Waals surface area contributed by atoms with Crippen LogP contribution in [0.4, 0.5) is 0 Å². The molecule has 0 saturated carbocycles. The first-order valence-electron chi connectivity index (χ1n) is 9.39. The highest BCUT2D eigenvalue weighted by molar-refractivity contribution is 5.95. The van der Waals surface area contributed by atoms with Gasteiger partial charge in [0.05, 0.1) is 13.7 Å². The summed E-state index contributed by atoms with van der Waals surface area (Å²) in [7, 11) is 1.58. The van der Waals surface area contributed by atoms with E-state index in [9.17, 15) is 4.79 Å². The number of halogens is 1. The van der Waals surface area contributed by atoms with Crippen molar-refractivity contribution in [3.05, 3.63) is 59.7 Å². The molecule has 0 bridgehead atoms. The van der Waals surface area contributed by atoms with Gasteiger partial charge in [0.1, 0.15) is 0 Å². The number of nitrogens with two attached hydrogens (primary N) is 1. The Balaban J connectivity index is 0.00000392. The maximum Gasteiger partial charge on any atom is 0.254 e. The van der Waals surface area contributed by atoms with Gasteiger partial charge in [0.15, 0.2) is 11.5 Å². The zero-order chi connectivity index (χ0) is 19.6. The van der Waals surface area contributed by atoms with E-state index in [2.05, 4.69) is 26.0 Å². The van der Waals surface area contributed by atoms with Crippen molar-refractivity contribution in [1.82, 2.24) is 4.90 Å². The van der Waals surface area contributed by atoms with E-state index >= 15 is 0 Å². The highest BCUT2D eigenvalue weighted by Crippen LogP contribution is 2.29. The number of ether oxygens (including phenoxy) is 2. The van der Waals surface area contributed by atoms with Crippen LogP contribution in [-0.2, 0) is 6.42 Å². The SMILES string of the molecule is COc1cc(C(=O)N(CCN)CCc2ccccc2)ccc1OCC(C)C.Cl. The lowest BCUT2D eigenvalue weighted by atomic mass is 10.1. The van der Waals surface area contributed by atoms with Gasteiger partial charge in [-0.15, -0.1) is 12.4 Å². The smallest absolute Gasteiger partial charge is 0.254 e. The number of benzene rings is 2. The molecule has 2 rings (SSSR count). The molecule has 154 valence electrons. The summed E-state index contributed by atoms with van der Waals surface area (Å²) in [5.41, 5.74) is 7.49. The largest absolute Gasteiger partial charge is 0.493 e. The van der Waals surface area contributed by atoms with Crippen LogP contribution < -0.4 is 15.2 Å². The lowest BCUT2D eigenvalue weighted by molar-refractivity contribution is 0.0761. The number of methoxy groups -OCH3 is 1. The Morgan fingerprint density at radius 1 is 1.07 bits per heavy atom. The zero-order valence-corrected chi connectivity index (χ0v) is 17.7. The number of nitrogens with zero attached hydrogens (tertiary/aromatic N) is 1. The van der Waals surface area contributed by atoms with Crippen LogP contribution in [0.2, 0.25) is 0 Å². The quantitative estimate of drug-likeness (QED) is 0.651. The third-order valence-electron chi connectivity index (χ3n) is 4.18. The van der Waals surface area contributed by atoms with Crippen molar-refractivity contribution < 1.29 is 14.3 Å². The maximum atomic E-state index is 13.0. The normalized spacial score (nSPS) is 10.3. The average Bonchev–Trinajstić information content (AvgIpc) is 2.69. The highest BCUT2D eigenvalue weighted by atomic mass is 35.5.